The Kier molecular flexibility index (Phi) is 6.29. The Hall–Kier alpha value is -0.890. The first-order valence-corrected chi connectivity index (χ1v) is 4.12. The monoisotopic (exact) mass is 167 g/mol. The van der Waals surface area contributed by atoms with Gasteiger partial charge in [0.15, 0.2) is 0 Å². The summed E-state index contributed by atoms with van der Waals surface area (Å²) in [6, 6.07) is 0. The van der Waals surface area contributed by atoms with Crippen molar-refractivity contribution in [2.45, 2.75) is 26.9 Å². The zero-order chi connectivity index (χ0) is 9.40. The molecule has 0 aromatic carbocycles. The highest BCUT2D eigenvalue weighted by Crippen LogP contribution is 1.91. The summed E-state index contributed by atoms with van der Waals surface area (Å²) in [5.41, 5.74) is 0.863. The lowest BCUT2D eigenvalue weighted by Gasteiger charge is -2.05. The van der Waals surface area contributed by atoms with Crippen LogP contribution in [0.3, 0.4) is 0 Å². The molecule has 0 fully saturated rings. The predicted octanol–water partition coefficient (Wildman–Crippen LogP) is 2.57. The minimum Gasteiger partial charge on any atom is -0.373 e. The summed E-state index contributed by atoms with van der Waals surface area (Å²) >= 11 is 0. The number of hydrogen-bond donors (Lipinski definition) is 0. The van der Waals surface area contributed by atoms with E-state index in [1.807, 2.05) is 26.8 Å². The van der Waals surface area contributed by atoms with Crippen LogP contribution in [0.4, 0.5) is 0 Å². The number of ether oxygens (including phenoxy) is 1. The number of hydrogen-bond acceptors (Lipinski definition) is 2. The van der Waals surface area contributed by atoms with Crippen molar-refractivity contribution < 1.29 is 4.74 Å². The van der Waals surface area contributed by atoms with Gasteiger partial charge in [-0.25, -0.2) is 0 Å². The van der Waals surface area contributed by atoms with Gasteiger partial charge in [0, 0.05) is 6.20 Å². The second-order valence-electron chi connectivity index (χ2n) is 2.67. The molecule has 0 aromatic heterocycles. The fraction of sp³-hybridized carbons (Fsp3) is 0.500. The average Bonchev–Trinajstić information content (AvgIpc) is 2.05. The van der Waals surface area contributed by atoms with Gasteiger partial charge in [-0.3, -0.25) is 4.99 Å². The molecule has 2 nitrogen and oxygen atoms in total. The summed E-state index contributed by atoms with van der Waals surface area (Å²) in [6.07, 6.45) is 5.56. The van der Waals surface area contributed by atoms with Gasteiger partial charge in [0.2, 0.25) is 0 Å². The van der Waals surface area contributed by atoms with Crippen molar-refractivity contribution in [2.75, 3.05) is 6.61 Å². The van der Waals surface area contributed by atoms with E-state index in [-0.39, 0.29) is 6.10 Å². The molecule has 12 heavy (non-hydrogen) atoms. The SMILES string of the molecule is C=C/C(COC(C)C)=N\C=C/C. The highest BCUT2D eigenvalue weighted by molar-refractivity contribution is 5.95. The topological polar surface area (TPSA) is 21.6 Å². The molecule has 0 amide bonds. The minimum atomic E-state index is 0.237. The van der Waals surface area contributed by atoms with Crippen molar-refractivity contribution >= 4 is 5.71 Å². The van der Waals surface area contributed by atoms with Crippen molar-refractivity contribution in [3.05, 3.63) is 24.9 Å². The highest BCUT2D eigenvalue weighted by Gasteiger charge is 1.95. The van der Waals surface area contributed by atoms with Crippen LogP contribution in [0.5, 0.6) is 0 Å². The van der Waals surface area contributed by atoms with E-state index in [9.17, 15) is 0 Å². The fourth-order valence-corrected chi connectivity index (χ4v) is 0.571. The van der Waals surface area contributed by atoms with E-state index in [0.717, 1.165) is 5.71 Å². The third kappa shape index (κ3) is 5.86. The van der Waals surface area contributed by atoms with Crippen LogP contribution >= 0.6 is 0 Å². The van der Waals surface area contributed by atoms with Crippen LogP contribution in [0.2, 0.25) is 0 Å². The fourth-order valence-electron chi connectivity index (χ4n) is 0.571. The number of nitrogens with zero attached hydrogens (tertiary/aromatic N) is 1. The molecule has 0 aromatic rings. The summed E-state index contributed by atoms with van der Waals surface area (Å²) in [7, 11) is 0. The van der Waals surface area contributed by atoms with E-state index in [1.54, 1.807) is 12.3 Å². The first-order valence-electron chi connectivity index (χ1n) is 4.12. The standard InChI is InChI=1S/C10H17NO/c1-5-7-11-10(6-2)8-12-9(3)4/h5-7,9H,2,8H2,1,3-4H3/b7-5-,11-10+. The van der Waals surface area contributed by atoms with Crippen molar-refractivity contribution in [1.82, 2.24) is 0 Å². The highest BCUT2D eigenvalue weighted by atomic mass is 16.5. The Morgan fingerprint density at radius 3 is 2.67 bits per heavy atom. The lowest BCUT2D eigenvalue weighted by molar-refractivity contribution is 0.111. The molecule has 0 atom stereocenters. The normalized spacial score (nSPS) is 12.8. The molecule has 0 heterocycles. The third-order valence-corrected chi connectivity index (χ3v) is 1.19. The molecule has 0 spiro atoms. The largest absolute Gasteiger partial charge is 0.373 e. The van der Waals surface area contributed by atoms with Crippen LogP contribution in [0.1, 0.15) is 20.8 Å². The second-order valence-corrected chi connectivity index (χ2v) is 2.67. The first kappa shape index (κ1) is 11.1. The molecule has 0 aliphatic carbocycles. The second kappa shape index (κ2) is 6.80. The van der Waals surface area contributed by atoms with Crippen LogP contribution in [-0.2, 0) is 4.74 Å². The molecule has 0 rings (SSSR count). The van der Waals surface area contributed by atoms with E-state index >= 15 is 0 Å². The molecule has 0 N–H and O–H groups in total. The van der Waals surface area contributed by atoms with Crippen LogP contribution in [-0.4, -0.2) is 18.4 Å². The summed E-state index contributed by atoms with van der Waals surface area (Å²) < 4.78 is 5.36. The van der Waals surface area contributed by atoms with E-state index < -0.39 is 0 Å². The molecule has 0 aliphatic rings. The molecule has 0 aliphatic heterocycles. The lowest BCUT2D eigenvalue weighted by Crippen LogP contribution is -2.10. The Labute approximate surface area is 74.7 Å². The molecular weight excluding hydrogens is 150 g/mol. The van der Waals surface area contributed by atoms with E-state index in [2.05, 4.69) is 11.6 Å². The van der Waals surface area contributed by atoms with Gasteiger partial charge < -0.3 is 4.74 Å². The lowest BCUT2D eigenvalue weighted by atomic mass is 10.4. The summed E-state index contributed by atoms with van der Waals surface area (Å²) in [5, 5.41) is 0. The van der Waals surface area contributed by atoms with Gasteiger partial charge in [0.1, 0.15) is 0 Å². The van der Waals surface area contributed by atoms with Crippen molar-refractivity contribution in [3.8, 4) is 0 Å². The van der Waals surface area contributed by atoms with Gasteiger partial charge in [-0.05, 0) is 26.8 Å². The maximum absolute atomic E-state index is 5.36. The van der Waals surface area contributed by atoms with Crippen LogP contribution < -0.4 is 0 Å². The Morgan fingerprint density at radius 1 is 1.58 bits per heavy atom. The van der Waals surface area contributed by atoms with Gasteiger partial charge in [-0.2, -0.15) is 0 Å². The third-order valence-electron chi connectivity index (χ3n) is 1.19. The molecule has 0 radical (unpaired) electrons. The Bertz CT molecular complexity index is 180. The predicted molar refractivity (Wildman–Crippen MR) is 53.5 cm³/mol. The molecule has 0 saturated carbocycles. The van der Waals surface area contributed by atoms with Gasteiger partial charge in [0.05, 0.1) is 18.4 Å². The smallest absolute Gasteiger partial charge is 0.0891 e. The van der Waals surface area contributed by atoms with Crippen LogP contribution in [0, 0.1) is 0 Å². The van der Waals surface area contributed by atoms with Gasteiger partial charge in [0.25, 0.3) is 0 Å². The van der Waals surface area contributed by atoms with Crippen molar-refractivity contribution in [1.29, 1.82) is 0 Å². The summed E-state index contributed by atoms with van der Waals surface area (Å²) in [6.45, 7) is 10.1. The maximum Gasteiger partial charge on any atom is 0.0891 e. The summed E-state index contributed by atoms with van der Waals surface area (Å²) in [4.78, 5) is 4.13. The van der Waals surface area contributed by atoms with E-state index in [0.29, 0.717) is 6.61 Å². The molecule has 2 heteroatoms. The van der Waals surface area contributed by atoms with Crippen LogP contribution in [0.25, 0.3) is 0 Å². The molecule has 68 valence electrons. The average molecular weight is 167 g/mol. The molecule has 0 unspecified atom stereocenters. The summed E-state index contributed by atoms with van der Waals surface area (Å²) in [5.74, 6) is 0. The van der Waals surface area contributed by atoms with Crippen molar-refractivity contribution in [3.63, 3.8) is 0 Å². The van der Waals surface area contributed by atoms with E-state index in [1.165, 1.54) is 0 Å². The number of aliphatic imine (C=N–C) groups is 1. The van der Waals surface area contributed by atoms with Gasteiger partial charge in [-0.15, -0.1) is 0 Å². The van der Waals surface area contributed by atoms with Crippen LogP contribution in [0.15, 0.2) is 29.9 Å². The minimum absolute atomic E-state index is 0.237. The Balaban J connectivity index is 3.91. The first-order chi connectivity index (χ1) is 5.70. The van der Waals surface area contributed by atoms with Crippen molar-refractivity contribution in [2.24, 2.45) is 4.99 Å². The number of rotatable bonds is 5. The molecule has 0 bridgehead atoms. The zero-order valence-electron chi connectivity index (χ0n) is 8.08. The Morgan fingerprint density at radius 2 is 2.25 bits per heavy atom. The zero-order valence-corrected chi connectivity index (χ0v) is 8.08. The number of allylic oxidation sites excluding steroid dienone is 1. The maximum atomic E-state index is 5.36. The quantitative estimate of drug-likeness (QED) is 0.577. The molecule has 0 saturated heterocycles. The molecular formula is C10H17NO. The van der Waals surface area contributed by atoms with E-state index in [4.69, 9.17) is 4.74 Å². The van der Waals surface area contributed by atoms with Gasteiger partial charge >= 0.3 is 0 Å². The van der Waals surface area contributed by atoms with Gasteiger partial charge in [-0.1, -0.05) is 12.7 Å².